The molecule has 0 aromatic heterocycles. The van der Waals surface area contributed by atoms with Crippen LogP contribution in [0.4, 0.5) is 5.69 Å². The molecule has 2 N–H and O–H groups in total. The summed E-state index contributed by atoms with van der Waals surface area (Å²) in [6, 6.07) is 8.86. The van der Waals surface area contributed by atoms with E-state index in [1.807, 2.05) is 0 Å². The van der Waals surface area contributed by atoms with E-state index in [1.54, 1.807) is 12.1 Å². The Morgan fingerprint density at radius 1 is 1.25 bits per heavy atom. The van der Waals surface area contributed by atoms with Crippen molar-refractivity contribution in [1.29, 1.82) is 0 Å². The van der Waals surface area contributed by atoms with Gasteiger partial charge in [-0.05, 0) is 43.3 Å². The molecule has 1 aliphatic rings. The monoisotopic (exact) mass is 427 g/mol. The highest BCUT2D eigenvalue weighted by molar-refractivity contribution is 6.30. The van der Waals surface area contributed by atoms with Crippen LogP contribution in [0.5, 0.6) is 17.2 Å². The number of hydrogen-bond donors (Lipinski definition) is 2. The number of amides is 1. The highest BCUT2D eigenvalue weighted by Gasteiger charge is 2.21. The molecule has 1 aliphatic heterocycles. The molecule has 1 saturated heterocycles. The predicted molar refractivity (Wildman–Crippen MR) is 107 cm³/mol. The summed E-state index contributed by atoms with van der Waals surface area (Å²) < 4.78 is 10.9. The number of nitrogens with one attached hydrogen (secondary N) is 2. The van der Waals surface area contributed by atoms with Gasteiger partial charge in [-0.1, -0.05) is 11.6 Å². The van der Waals surface area contributed by atoms with Crippen molar-refractivity contribution in [2.24, 2.45) is 0 Å². The summed E-state index contributed by atoms with van der Waals surface area (Å²) in [5, 5.41) is 17.6. The Labute approximate surface area is 172 Å². The third kappa shape index (κ3) is 5.03. The molecular weight excluding hydrogens is 409 g/mol. The Morgan fingerprint density at radius 2 is 2.00 bits per heavy atom. The first-order chi connectivity index (χ1) is 13.0. The van der Waals surface area contributed by atoms with E-state index < -0.39 is 4.92 Å². The Hall–Kier alpha value is -2.55. The smallest absolute Gasteiger partial charge is 0.313 e. The molecule has 1 amide bonds. The summed E-state index contributed by atoms with van der Waals surface area (Å²) in [5.74, 6) is 0.349. The molecule has 3 rings (SSSR count). The standard InChI is InChI=1S/C18H18ClN3O5.ClH/c1-26-17-8-11(18(23)21-13-6-7-20-10-13)2-4-16(17)27-15-5-3-12(19)9-14(15)22(24)25;/h2-5,8-9,13,20H,6-7,10H2,1H3,(H,21,23);1H. The number of hydrogen-bond acceptors (Lipinski definition) is 6. The largest absolute Gasteiger partial charge is 0.493 e. The van der Waals surface area contributed by atoms with Gasteiger partial charge >= 0.3 is 5.69 Å². The highest BCUT2D eigenvalue weighted by Crippen LogP contribution is 2.37. The van der Waals surface area contributed by atoms with Gasteiger partial charge in [-0.3, -0.25) is 14.9 Å². The van der Waals surface area contributed by atoms with Crippen LogP contribution < -0.4 is 20.1 Å². The van der Waals surface area contributed by atoms with Gasteiger partial charge in [0.2, 0.25) is 5.75 Å². The minimum absolute atomic E-state index is 0. The summed E-state index contributed by atoms with van der Waals surface area (Å²) in [6.07, 6.45) is 0.879. The van der Waals surface area contributed by atoms with Crippen molar-refractivity contribution in [3.8, 4) is 17.2 Å². The van der Waals surface area contributed by atoms with Crippen LogP contribution in [0.2, 0.25) is 5.02 Å². The van der Waals surface area contributed by atoms with E-state index in [1.165, 1.54) is 31.4 Å². The van der Waals surface area contributed by atoms with Gasteiger partial charge in [-0.15, -0.1) is 12.4 Å². The number of carbonyl (C=O) groups is 1. The van der Waals surface area contributed by atoms with Crippen LogP contribution in [0.3, 0.4) is 0 Å². The van der Waals surface area contributed by atoms with Gasteiger partial charge in [-0.2, -0.15) is 0 Å². The fourth-order valence-electron chi connectivity index (χ4n) is 2.78. The molecule has 0 bridgehead atoms. The van der Waals surface area contributed by atoms with Crippen LogP contribution in [-0.2, 0) is 0 Å². The van der Waals surface area contributed by atoms with Gasteiger partial charge in [0, 0.05) is 29.2 Å². The van der Waals surface area contributed by atoms with Crippen molar-refractivity contribution in [3.63, 3.8) is 0 Å². The Morgan fingerprint density at radius 3 is 2.64 bits per heavy atom. The minimum atomic E-state index is -0.578. The van der Waals surface area contributed by atoms with Gasteiger partial charge in [-0.25, -0.2) is 0 Å². The van der Waals surface area contributed by atoms with Crippen LogP contribution >= 0.6 is 24.0 Å². The van der Waals surface area contributed by atoms with Gasteiger partial charge in [0.15, 0.2) is 11.5 Å². The molecule has 0 spiro atoms. The number of carbonyl (C=O) groups excluding carboxylic acids is 1. The quantitative estimate of drug-likeness (QED) is 0.539. The Bertz CT molecular complexity index is 872. The first-order valence-corrected chi connectivity index (χ1v) is 8.67. The lowest BCUT2D eigenvalue weighted by atomic mass is 10.1. The number of rotatable bonds is 6. The van der Waals surface area contributed by atoms with Crippen LogP contribution in [0.25, 0.3) is 0 Å². The van der Waals surface area contributed by atoms with Crippen LogP contribution in [0.15, 0.2) is 36.4 Å². The molecule has 10 heteroatoms. The number of methoxy groups -OCH3 is 1. The second-order valence-corrected chi connectivity index (χ2v) is 6.44. The number of nitro benzene ring substituents is 1. The topological polar surface area (TPSA) is 103 Å². The molecule has 1 heterocycles. The molecule has 0 aliphatic carbocycles. The second kappa shape index (κ2) is 9.59. The third-order valence-corrected chi connectivity index (χ3v) is 4.39. The van der Waals surface area contributed by atoms with Gasteiger partial charge < -0.3 is 20.1 Å². The molecule has 0 saturated carbocycles. The molecule has 28 heavy (non-hydrogen) atoms. The SMILES string of the molecule is COc1cc(C(=O)NC2CCNC2)ccc1Oc1ccc(Cl)cc1[N+](=O)[O-].Cl. The predicted octanol–water partition coefficient (Wildman–Crippen LogP) is 3.56. The number of nitrogens with zero attached hydrogens (tertiary/aromatic N) is 1. The summed E-state index contributed by atoms with van der Waals surface area (Å²) in [6.45, 7) is 1.62. The zero-order valence-electron chi connectivity index (χ0n) is 14.9. The fraction of sp³-hybridized carbons (Fsp3) is 0.278. The number of nitro groups is 1. The maximum absolute atomic E-state index is 12.4. The Balaban J connectivity index is 0.00000280. The number of ether oxygens (including phenoxy) is 2. The van der Waals surface area contributed by atoms with E-state index >= 15 is 0 Å². The van der Waals surface area contributed by atoms with Crippen molar-refractivity contribution >= 4 is 35.6 Å². The molecule has 150 valence electrons. The Kier molecular flexibility index (Phi) is 7.45. The van der Waals surface area contributed by atoms with Crippen molar-refractivity contribution in [2.45, 2.75) is 12.5 Å². The number of halogens is 2. The summed E-state index contributed by atoms with van der Waals surface area (Å²) in [5.41, 5.74) is 0.150. The first-order valence-electron chi connectivity index (χ1n) is 8.29. The van der Waals surface area contributed by atoms with Crippen molar-refractivity contribution < 1.29 is 19.2 Å². The maximum atomic E-state index is 12.4. The van der Waals surface area contributed by atoms with Crippen molar-refractivity contribution in [1.82, 2.24) is 10.6 Å². The molecule has 0 radical (unpaired) electrons. The van der Waals surface area contributed by atoms with Crippen LogP contribution in [-0.4, -0.2) is 37.1 Å². The lowest BCUT2D eigenvalue weighted by Gasteiger charge is -2.14. The summed E-state index contributed by atoms with van der Waals surface area (Å²) in [7, 11) is 1.43. The molecular formula is C18H19Cl2N3O5. The highest BCUT2D eigenvalue weighted by atomic mass is 35.5. The number of benzene rings is 2. The van der Waals surface area contributed by atoms with E-state index in [0.717, 1.165) is 19.5 Å². The maximum Gasteiger partial charge on any atom is 0.313 e. The summed E-state index contributed by atoms with van der Waals surface area (Å²) in [4.78, 5) is 23.0. The van der Waals surface area contributed by atoms with Gasteiger partial charge in [0.25, 0.3) is 5.91 Å². The van der Waals surface area contributed by atoms with E-state index in [4.69, 9.17) is 21.1 Å². The van der Waals surface area contributed by atoms with Gasteiger partial charge in [0.1, 0.15) is 0 Å². The molecule has 2 aromatic rings. The minimum Gasteiger partial charge on any atom is -0.493 e. The molecule has 8 nitrogen and oxygen atoms in total. The average Bonchev–Trinajstić information content (AvgIpc) is 3.16. The van der Waals surface area contributed by atoms with Crippen LogP contribution in [0.1, 0.15) is 16.8 Å². The van der Waals surface area contributed by atoms with E-state index in [-0.39, 0.29) is 52.3 Å². The molecule has 1 atom stereocenters. The average molecular weight is 428 g/mol. The van der Waals surface area contributed by atoms with E-state index in [9.17, 15) is 14.9 Å². The fourth-order valence-corrected chi connectivity index (χ4v) is 2.94. The first kappa shape index (κ1) is 21.7. The lowest BCUT2D eigenvalue weighted by Crippen LogP contribution is -2.36. The normalized spacial score (nSPS) is 15.4. The molecule has 1 fully saturated rings. The van der Waals surface area contributed by atoms with Crippen LogP contribution in [0, 0.1) is 10.1 Å². The van der Waals surface area contributed by atoms with E-state index in [0.29, 0.717) is 5.56 Å². The van der Waals surface area contributed by atoms with Gasteiger partial charge in [0.05, 0.1) is 12.0 Å². The summed E-state index contributed by atoms with van der Waals surface area (Å²) >= 11 is 5.81. The van der Waals surface area contributed by atoms with E-state index in [2.05, 4.69) is 10.6 Å². The molecule has 2 aromatic carbocycles. The van der Waals surface area contributed by atoms with Crippen molar-refractivity contribution in [3.05, 3.63) is 57.1 Å². The third-order valence-electron chi connectivity index (χ3n) is 4.16. The second-order valence-electron chi connectivity index (χ2n) is 6.00. The molecule has 1 unspecified atom stereocenters. The zero-order valence-corrected chi connectivity index (χ0v) is 16.5. The lowest BCUT2D eigenvalue weighted by molar-refractivity contribution is -0.385. The zero-order chi connectivity index (χ0) is 19.4. The van der Waals surface area contributed by atoms with Crippen molar-refractivity contribution in [2.75, 3.05) is 20.2 Å².